The fourth-order valence-corrected chi connectivity index (χ4v) is 4.05. The number of ether oxygens (including phenoxy) is 2. The van der Waals surface area contributed by atoms with Gasteiger partial charge < -0.3 is 14.8 Å². The number of esters is 2. The minimum Gasteiger partial charge on any atom is -0.466 e. The highest BCUT2D eigenvalue weighted by Crippen LogP contribution is 2.46. The standard InChI is InChI=1S/C17H18Cl2FNO4S/c1-7(2)25-17(23)11-8(3)21-10(5-20)13(16(22)24-4)12(11)9-6-26-15(19)14(9)18/h6-7,12,21H,5H2,1-4H3. The van der Waals surface area contributed by atoms with Crippen molar-refractivity contribution in [3.05, 3.63) is 42.8 Å². The van der Waals surface area contributed by atoms with Crippen molar-refractivity contribution in [1.29, 1.82) is 0 Å². The molecule has 2 heterocycles. The monoisotopic (exact) mass is 421 g/mol. The molecule has 1 atom stereocenters. The minimum absolute atomic E-state index is 0.0128. The van der Waals surface area contributed by atoms with E-state index in [0.29, 0.717) is 15.6 Å². The van der Waals surface area contributed by atoms with E-state index < -0.39 is 24.5 Å². The van der Waals surface area contributed by atoms with E-state index in [1.165, 1.54) is 7.11 Å². The molecule has 0 saturated carbocycles. The van der Waals surface area contributed by atoms with Gasteiger partial charge in [-0.15, -0.1) is 11.3 Å². The summed E-state index contributed by atoms with van der Waals surface area (Å²) in [5, 5.41) is 4.61. The molecule has 0 fully saturated rings. The quantitative estimate of drug-likeness (QED) is 0.715. The maximum atomic E-state index is 13.6. The molecule has 0 radical (unpaired) electrons. The van der Waals surface area contributed by atoms with E-state index in [1.54, 1.807) is 26.2 Å². The molecule has 1 unspecified atom stereocenters. The van der Waals surface area contributed by atoms with E-state index in [1.807, 2.05) is 0 Å². The molecule has 0 amide bonds. The molecule has 0 bridgehead atoms. The van der Waals surface area contributed by atoms with E-state index in [9.17, 15) is 14.0 Å². The number of thiophene rings is 1. The number of carbonyl (C=O) groups excluding carboxylic acids is 2. The Morgan fingerprint density at radius 2 is 1.96 bits per heavy atom. The summed E-state index contributed by atoms with van der Waals surface area (Å²) in [6.45, 7) is 4.07. The van der Waals surface area contributed by atoms with Crippen LogP contribution < -0.4 is 5.32 Å². The highest BCUT2D eigenvalue weighted by atomic mass is 35.5. The number of dihydropyridines is 1. The molecule has 142 valence electrons. The van der Waals surface area contributed by atoms with Crippen molar-refractivity contribution in [2.45, 2.75) is 32.8 Å². The smallest absolute Gasteiger partial charge is 0.337 e. The molecule has 1 aliphatic rings. The Labute approximate surface area is 164 Å². The van der Waals surface area contributed by atoms with Gasteiger partial charge in [0, 0.05) is 5.70 Å². The van der Waals surface area contributed by atoms with Crippen molar-refractivity contribution in [2.24, 2.45) is 0 Å². The van der Waals surface area contributed by atoms with Crippen LogP contribution in [-0.2, 0) is 19.1 Å². The highest BCUT2D eigenvalue weighted by molar-refractivity contribution is 7.15. The Hall–Kier alpha value is -1.57. The molecule has 1 aromatic rings. The molecule has 26 heavy (non-hydrogen) atoms. The summed E-state index contributed by atoms with van der Waals surface area (Å²) in [6, 6.07) is 0. The Kier molecular flexibility index (Phi) is 6.71. The molecular formula is C17H18Cl2FNO4S. The maximum Gasteiger partial charge on any atom is 0.337 e. The topological polar surface area (TPSA) is 64.6 Å². The summed E-state index contributed by atoms with van der Waals surface area (Å²) >= 11 is 13.5. The first-order valence-corrected chi connectivity index (χ1v) is 9.34. The predicted octanol–water partition coefficient (Wildman–Crippen LogP) is 4.36. The number of halogens is 3. The number of nitrogens with one attached hydrogen (secondary N) is 1. The third kappa shape index (κ3) is 3.89. The van der Waals surface area contributed by atoms with Crippen molar-refractivity contribution >= 4 is 46.5 Å². The second-order valence-electron chi connectivity index (χ2n) is 5.85. The van der Waals surface area contributed by atoms with Gasteiger partial charge in [0.1, 0.15) is 11.0 Å². The molecule has 0 saturated heterocycles. The molecule has 0 aromatic carbocycles. The lowest BCUT2D eigenvalue weighted by Gasteiger charge is -2.30. The normalized spacial score (nSPS) is 17.5. The second-order valence-corrected chi connectivity index (χ2v) is 7.71. The molecule has 0 spiro atoms. The van der Waals surface area contributed by atoms with Crippen LogP contribution in [0.2, 0.25) is 9.36 Å². The van der Waals surface area contributed by atoms with Gasteiger partial charge in [-0.3, -0.25) is 0 Å². The summed E-state index contributed by atoms with van der Waals surface area (Å²) < 4.78 is 24.0. The van der Waals surface area contributed by atoms with Crippen molar-refractivity contribution < 1.29 is 23.5 Å². The van der Waals surface area contributed by atoms with Gasteiger partial charge in [-0.25, -0.2) is 14.0 Å². The zero-order valence-corrected chi connectivity index (χ0v) is 16.9. The Morgan fingerprint density at radius 1 is 1.31 bits per heavy atom. The number of methoxy groups -OCH3 is 1. The molecule has 1 N–H and O–H groups in total. The summed E-state index contributed by atoms with van der Waals surface area (Å²) in [5.74, 6) is -2.35. The number of hydrogen-bond acceptors (Lipinski definition) is 6. The lowest BCUT2D eigenvalue weighted by molar-refractivity contribution is -0.143. The van der Waals surface area contributed by atoms with Crippen LogP contribution in [0, 0.1) is 0 Å². The third-order valence-electron chi connectivity index (χ3n) is 3.77. The van der Waals surface area contributed by atoms with Crippen LogP contribution in [0.5, 0.6) is 0 Å². The second kappa shape index (κ2) is 8.41. The van der Waals surface area contributed by atoms with Crippen molar-refractivity contribution in [3.63, 3.8) is 0 Å². The summed E-state index contributed by atoms with van der Waals surface area (Å²) in [6.07, 6.45) is -0.377. The van der Waals surface area contributed by atoms with E-state index in [2.05, 4.69) is 5.32 Å². The fraction of sp³-hybridized carbons (Fsp3) is 0.412. The van der Waals surface area contributed by atoms with E-state index in [4.69, 9.17) is 32.7 Å². The number of hydrogen-bond donors (Lipinski definition) is 1. The number of allylic oxidation sites excluding steroid dienone is 2. The van der Waals surface area contributed by atoms with Crippen LogP contribution >= 0.6 is 34.5 Å². The molecule has 2 rings (SSSR count). The predicted molar refractivity (Wildman–Crippen MR) is 99.2 cm³/mol. The first kappa shape index (κ1) is 20.7. The summed E-state index contributed by atoms with van der Waals surface area (Å²) in [5.41, 5.74) is 0.933. The average Bonchev–Trinajstić information content (AvgIpc) is 2.91. The van der Waals surface area contributed by atoms with Gasteiger partial charge >= 0.3 is 11.9 Å². The summed E-state index contributed by atoms with van der Waals surface area (Å²) in [7, 11) is 1.18. The van der Waals surface area contributed by atoms with E-state index >= 15 is 0 Å². The van der Waals surface area contributed by atoms with E-state index in [-0.39, 0.29) is 28.0 Å². The van der Waals surface area contributed by atoms with Gasteiger partial charge in [0.25, 0.3) is 0 Å². The van der Waals surface area contributed by atoms with Crippen LogP contribution in [0.3, 0.4) is 0 Å². The highest BCUT2D eigenvalue weighted by Gasteiger charge is 2.40. The zero-order chi connectivity index (χ0) is 19.6. The van der Waals surface area contributed by atoms with Gasteiger partial charge in [-0.2, -0.15) is 0 Å². The molecule has 5 nitrogen and oxygen atoms in total. The molecule has 9 heteroatoms. The number of carbonyl (C=O) groups is 2. The SMILES string of the molecule is COC(=O)C1=C(CF)NC(C)=C(C(=O)OC(C)C)C1c1csc(Cl)c1Cl. The largest absolute Gasteiger partial charge is 0.466 e. The molecule has 0 aliphatic carbocycles. The van der Waals surface area contributed by atoms with Crippen molar-refractivity contribution in [2.75, 3.05) is 13.8 Å². The van der Waals surface area contributed by atoms with Crippen LogP contribution in [-0.4, -0.2) is 31.8 Å². The first-order valence-electron chi connectivity index (χ1n) is 7.71. The Balaban J connectivity index is 2.71. The van der Waals surface area contributed by atoms with Gasteiger partial charge in [0.15, 0.2) is 0 Å². The molecular weight excluding hydrogens is 404 g/mol. The maximum absolute atomic E-state index is 13.6. The first-order chi connectivity index (χ1) is 12.2. The zero-order valence-electron chi connectivity index (χ0n) is 14.6. The van der Waals surface area contributed by atoms with Gasteiger partial charge in [0.05, 0.1) is 41.0 Å². The summed E-state index contributed by atoms with van der Waals surface area (Å²) in [4.78, 5) is 25.1. The molecule has 1 aliphatic heterocycles. The van der Waals surface area contributed by atoms with Gasteiger partial charge in [0.2, 0.25) is 0 Å². The van der Waals surface area contributed by atoms with Crippen LogP contribution in [0.15, 0.2) is 27.9 Å². The van der Waals surface area contributed by atoms with E-state index in [0.717, 1.165) is 11.3 Å². The van der Waals surface area contributed by atoms with Crippen molar-refractivity contribution in [1.82, 2.24) is 5.32 Å². The Bertz CT molecular complexity index is 801. The van der Waals surface area contributed by atoms with Gasteiger partial charge in [-0.05, 0) is 31.7 Å². The average molecular weight is 422 g/mol. The van der Waals surface area contributed by atoms with Crippen molar-refractivity contribution in [3.8, 4) is 0 Å². The minimum atomic E-state index is -0.947. The third-order valence-corrected chi connectivity index (χ3v) is 5.63. The number of alkyl halides is 1. The van der Waals surface area contributed by atoms with Gasteiger partial charge in [-0.1, -0.05) is 23.2 Å². The van der Waals surface area contributed by atoms with Crippen LogP contribution in [0.1, 0.15) is 32.3 Å². The van der Waals surface area contributed by atoms with Crippen LogP contribution in [0.25, 0.3) is 0 Å². The molecule has 1 aromatic heterocycles. The lowest BCUT2D eigenvalue weighted by Crippen LogP contribution is -2.34. The number of rotatable bonds is 5. The lowest BCUT2D eigenvalue weighted by atomic mass is 9.81. The fourth-order valence-electron chi connectivity index (χ4n) is 2.74. The van der Waals surface area contributed by atoms with Crippen LogP contribution in [0.4, 0.5) is 4.39 Å². The Morgan fingerprint density at radius 3 is 2.42 bits per heavy atom.